The molecule has 4 rings (SSSR count). The first-order valence-corrected chi connectivity index (χ1v) is 10.00. The molecule has 0 aliphatic carbocycles. The van der Waals surface area contributed by atoms with Crippen LogP contribution in [0.15, 0.2) is 48.8 Å². The highest BCUT2D eigenvalue weighted by Gasteiger charge is 2.24. The van der Waals surface area contributed by atoms with Gasteiger partial charge in [0, 0.05) is 18.9 Å². The molecule has 0 N–H and O–H groups in total. The molecule has 142 valence electrons. The molecule has 4 aromatic rings. The van der Waals surface area contributed by atoms with Crippen molar-refractivity contribution < 1.29 is 4.79 Å². The molecule has 6 nitrogen and oxygen atoms in total. The minimum absolute atomic E-state index is 0.175. The van der Waals surface area contributed by atoms with Crippen molar-refractivity contribution >= 4 is 32.6 Å². The summed E-state index contributed by atoms with van der Waals surface area (Å²) in [6, 6.07) is 11.7. The van der Waals surface area contributed by atoms with Crippen LogP contribution in [-0.4, -0.2) is 25.7 Å². The number of nitrogens with zero attached hydrogens (tertiary/aromatic N) is 5. The van der Waals surface area contributed by atoms with Gasteiger partial charge in [-0.05, 0) is 56.2 Å². The molecule has 0 aliphatic heterocycles. The maximum atomic E-state index is 13.3. The Labute approximate surface area is 167 Å². The van der Waals surface area contributed by atoms with Gasteiger partial charge in [0.25, 0.3) is 5.91 Å². The molecule has 0 unspecified atom stereocenters. The average Bonchev–Trinajstić information content (AvgIpc) is 3.33. The van der Waals surface area contributed by atoms with Gasteiger partial charge in [0.15, 0.2) is 10.8 Å². The number of fused-ring (bicyclic) bond motifs is 1. The Morgan fingerprint density at radius 2 is 2.07 bits per heavy atom. The molecule has 0 saturated heterocycles. The smallest absolute Gasteiger partial charge is 0.276 e. The van der Waals surface area contributed by atoms with Crippen molar-refractivity contribution in [2.45, 2.75) is 33.9 Å². The molecule has 3 heterocycles. The minimum Gasteiger partial charge on any atom is -0.276 e. The van der Waals surface area contributed by atoms with Crippen LogP contribution in [0.5, 0.6) is 0 Å². The molecule has 7 heteroatoms. The first kappa shape index (κ1) is 18.3. The zero-order valence-electron chi connectivity index (χ0n) is 16.1. The molecule has 0 spiro atoms. The molecule has 0 atom stereocenters. The molecule has 1 aromatic carbocycles. The van der Waals surface area contributed by atoms with Gasteiger partial charge in [-0.3, -0.25) is 19.4 Å². The van der Waals surface area contributed by atoms with Crippen LogP contribution in [0.1, 0.15) is 34.2 Å². The van der Waals surface area contributed by atoms with Crippen molar-refractivity contribution in [1.82, 2.24) is 19.7 Å². The largest absolute Gasteiger partial charge is 0.280 e. The highest BCUT2D eigenvalue weighted by Crippen LogP contribution is 2.33. The number of carbonyl (C=O) groups is 1. The molecule has 0 saturated carbocycles. The van der Waals surface area contributed by atoms with Gasteiger partial charge in [-0.1, -0.05) is 23.5 Å². The monoisotopic (exact) mass is 391 g/mol. The number of anilines is 1. The van der Waals surface area contributed by atoms with Crippen molar-refractivity contribution in [3.05, 3.63) is 71.3 Å². The van der Waals surface area contributed by atoms with E-state index in [4.69, 9.17) is 4.98 Å². The summed E-state index contributed by atoms with van der Waals surface area (Å²) in [4.78, 5) is 24.1. The Hall–Kier alpha value is -3.06. The van der Waals surface area contributed by atoms with Gasteiger partial charge in [0.1, 0.15) is 0 Å². The van der Waals surface area contributed by atoms with E-state index in [1.165, 1.54) is 16.9 Å². The Morgan fingerprint density at radius 1 is 1.21 bits per heavy atom. The molecular formula is C21H21N5OS. The average molecular weight is 392 g/mol. The maximum Gasteiger partial charge on any atom is 0.280 e. The van der Waals surface area contributed by atoms with E-state index in [1.54, 1.807) is 21.8 Å². The quantitative estimate of drug-likeness (QED) is 0.507. The minimum atomic E-state index is -0.175. The fraction of sp³-hybridized carbons (Fsp3) is 0.238. The van der Waals surface area contributed by atoms with Crippen LogP contribution in [0.2, 0.25) is 0 Å². The summed E-state index contributed by atoms with van der Waals surface area (Å²) < 4.78 is 2.82. The SMILES string of the molecule is CCn1ccc(C(=O)N(Cc2ccccn2)c2nc3c(C)cc(C)cc3s2)n1. The summed E-state index contributed by atoms with van der Waals surface area (Å²) >= 11 is 1.52. The summed E-state index contributed by atoms with van der Waals surface area (Å²) in [6.07, 6.45) is 3.55. The van der Waals surface area contributed by atoms with Gasteiger partial charge in [0.2, 0.25) is 0 Å². The lowest BCUT2D eigenvalue weighted by atomic mass is 10.1. The Bertz CT molecular complexity index is 1130. The lowest BCUT2D eigenvalue weighted by Gasteiger charge is -2.18. The molecule has 0 bridgehead atoms. The van der Waals surface area contributed by atoms with Crippen molar-refractivity contribution in [3.8, 4) is 0 Å². The van der Waals surface area contributed by atoms with E-state index in [1.807, 2.05) is 38.2 Å². The molecule has 0 fully saturated rings. The highest BCUT2D eigenvalue weighted by molar-refractivity contribution is 7.22. The standard InChI is InChI=1S/C21H21N5OS/c1-4-25-10-8-17(24-25)20(27)26(13-16-7-5-6-9-22-16)21-23-19-15(3)11-14(2)12-18(19)28-21/h5-12H,4,13H2,1-3H3. The van der Waals surface area contributed by atoms with Crippen molar-refractivity contribution in [1.29, 1.82) is 0 Å². The zero-order valence-corrected chi connectivity index (χ0v) is 16.9. The number of hydrogen-bond acceptors (Lipinski definition) is 5. The number of benzene rings is 1. The van der Waals surface area contributed by atoms with E-state index >= 15 is 0 Å². The summed E-state index contributed by atoms with van der Waals surface area (Å²) in [7, 11) is 0. The lowest BCUT2D eigenvalue weighted by Crippen LogP contribution is -2.31. The first-order chi connectivity index (χ1) is 13.5. The highest BCUT2D eigenvalue weighted by atomic mass is 32.1. The van der Waals surface area contributed by atoms with Crippen molar-refractivity contribution in [2.24, 2.45) is 0 Å². The fourth-order valence-corrected chi connectivity index (χ4v) is 4.28. The zero-order chi connectivity index (χ0) is 19.7. The number of thiazole rings is 1. The van der Waals surface area contributed by atoms with Gasteiger partial charge in [0.05, 0.1) is 22.5 Å². The van der Waals surface area contributed by atoms with Crippen LogP contribution >= 0.6 is 11.3 Å². The number of aromatic nitrogens is 4. The molecular weight excluding hydrogens is 370 g/mol. The van der Waals surface area contributed by atoms with Crippen LogP contribution in [0.3, 0.4) is 0 Å². The van der Waals surface area contributed by atoms with Gasteiger partial charge in [-0.2, -0.15) is 5.10 Å². The third-order valence-corrected chi connectivity index (χ3v) is 5.55. The van der Waals surface area contributed by atoms with Gasteiger partial charge < -0.3 is 0 Å². The second-order valence-electron chi connectivity index (χ2n) is 6.69. The summed E-state index contributed by atoms with van der Waals surface area (Å²) in [5, 5.41) is 5.04. The molecule has 3 aromatic heterocycles. The topological polar surface area (TPSA) is 63.9 Å². The predicted molar refractivity (Wildman–Crippen MR) is 112 cm³/mol. The third-order valence-electron chi connectivity index (χ3n) is 4.52. The number of carbonyl (C=O) groups excluding carboxylic acids is 1. The summed E-state index contributed by atoms with van der Waals surface area (Å²) in [5.41, 5.74) is 4.44. The first-order valence-electron chi connectivity index (χ1n) is 9.18. The number of hydrogen-bond donors (Lipinski definition) is 0. The number of pyridine rings is 1. The molecule has 0 aliphatic rings. The predicted octanol–water partition coefficient (Wildman–Crippen LogP) is 4.37. The van der Waals surface area contributed by atoms with E-state index in [0.29, 0.717) is 23.9 Å². The second kappa shape index (κ2) is 7.52. The van der Waals surface area contributed by atoms with Crippen LogP contribution in [0.25, 0.3) is 10.2 Å². The maximum absolute atomic E-state index is 13.3. The summed E-state index contributed by atoms with van der Waals surface area (Å²) in [6.45, 7) is 7.17. The Kier molecular flexibility index (Phi) is 4.92. The van der Waals surface area contributed by atoms with E-state index in [9.17, 15) is 4.79 Å². The van der Waals surface area contributed by atoms with Crippen LogP contribution < -0.4 is 4.90 Å². The van der Waals surface area contributed by atoms with Gasteiger partial charge in [-0.15, -0.1) is 0 Å². The van der Waals surface area contributed by atoms with Gasteiger partial charge >= 0.3 is 0 Å². The van der Waals surface area contributed by atoms with Crippen LogP contribution in [-0.2, 0) is 13.1 Å². The van der Waals surface area contributed by atoms with E-state index in [0.717, 1.165) is 21.5 Å². The number of amides is 1. The van der Waals surface area contributed by atoms with E-state index in [-0.39, 0.29) is 5.91 Å². The Balaban J connectivity index is 1.78. The van der Waals surface area contributed by atoms with Crippen molar-refractivity contribution in [2.75, 3.05) is 4.90 Å². The molecule has 28 heavy (non-hydrogen) atoms. The van der Waals surface area contributed by atoms with Gasteiger partial charge in [-0.25, -0.2) is 4.98 Å². The van der Waals surface area contributed by atoms with Crippen molar-refractivity contribution in [3.63, 3.8) is 0 Å². The van der Waals surface area contributed by atoms with Crippen LogP contribution in [0.4, 0.5) is 5.13 Å². The second-order valence-corrected chi connectivity index (χ2v) is 7.70. The molecule has 1 amide bonds. The van der Waals surface area contributed by atoms with E-state index in [2.05, 4.69) is 29.1 Å². The normalized spacial score (nSPS) is 11.1. The van der Waals surface area contributed by atoms with E-state index < -0.39 is 0 Å². The third kappa shape index (κ3) is 3.53. The molecule has 0 radical (unpaired) electrons. The fourth-order valence-electron chi connectivity index (χ4n) is 3.14. The van der Waals surface area contributed by atoms with Crippen LogP contribution in [0, 0.1) is 13.8 Å². The Morgan fingerprint density at radius 3 is 2.79 bits per heavy atom. The number of aryl methyl sites for hydroxylation is 3. The summed E-state index contributed by atoms with van der Waals surface area (Å²) in [5.74, 6) is -0.175. The number of rotatable bonds is 5. The lowest BCUT2D eigenvalue weighted by molar-refractivity contribution is 0.0979.